The molecule has 0 spiro atoms. The zero-order chi connectivity index (χ0) is 13.8. The lowest BCUT2D eigenvalue weighted by Crippen LogP contribution is -2.39. The van der Waals surface area contributed by atoms with Gasteiger partial charge in [-0.1, -0.05) is 13.0 Å². The molecule has 0 unspecified atom stereocenters. The van der Waals surface area contributed by atoms with Gasteiger partial charge in [0.25, 0.3) is 0 Å². The number of likely N-dealkylation sites (tertiary alicyclic amines) is 1. The van der Waals surface area contributed by atoms with Crippen LogP contribution in [0.5, 0.6) is 0 Å². The van der Waals surface area contributed by atoms with Crippen molar-refractivity contribution in [2.75, 3.05) is 13.1 Å². The van der Waals surface area contributed by atoms with E-state index in [1.54, 1.807) is 0 Å². The van der Waals surface area contributed by atoms with Gasteiger partial charge in [0, 0.05) is 25.8 Å². The lowest BCUT2D eigenvalue weighted by atomic mass is 9.95. The van der Waals surface area contributed by atoms with Crippen LogP contribution in [0.2, 0.25) is 0 Å². The molecule has 0 atom stereocenters. The lowest BCUT2D eigenvalue weighted by Gasteiger charge is -2.36. The summed E-state index contributed by atoms with van der Waals surface area (Å²) in [5, 5.41) is 0. The number of nitrogens with zero attached hydrogens (tertiary/aromatic N) is 2. The van der Waals surface area contributed by atoms with Gasteiger partial charge >= 0.3 is 0 Å². The molecule has 3 heteroatoms. The summed E-state index contributed by atoms with van der Waals surface area (Å²) in [7, 11) is 0. The Morgan fingerprint density at radius 3 is 2.45 bits per heavy atom. The van der Waals surface area contributed by atoms with E-state index in [1.807, 2.05) is 6.20 Å². The smallest absolute Gasteiger partial charge is 0.0603 e. The van der Waals surface area contributed by atoms with Gasteiger partial charge in [-0.25, -0.2) is 0 Å². The van der Waals surface area contributed by atoms with Crippen LogP contribution in [0.25, 0.3) is 0 Å². The third-order valence-electron chi connectivity index (χ3n) is 4.65. The van der Waals surface area contributed by atoms with Crippen LogP contribution in [0.3, 0.4) is 0 Å². The first kappa shape index (κ1) is 14.0. The second-order valence-corrected chi connectivity index (χ2v) is 6.18. The highest BCUT2D eigenvalue weighted by Gasteiger charge is 2.25. The molecule has 1 aliphatic heterocycles. The summed E-state index contributed by atoms with van der Waals surface area (Å²) in [4.78, 5) is 7.07. The summed E-state index contributed by atoms with van der Waals surface area (Å²) >= 11 is 0. The van der Waals surface area contributed by atoms with Gasteiger partial charge in [-0.15, -0.1) is 0 Å². The first-order valence-corrected chi connectivity index (χ1v) is 8.15. The van der Waals surface area contributed by atoms with Crippen molar-refractivity contribution in [3.05, 3.63) is 29.6 Å². The van der Waals surface area contributed by atoms with Crippen molar-refractivity contribution in [3.63, 3.8) is 0 Å². The maximum atomic E-state index is 6.11. The van der Waals surface area contributed by atoms with E-state index < -0.39 is 0 Å². The topological polar surface area (TPSA) is 25.4 Å². The van der Waals surface area contributed by atoms with Crippen LogP contribution in [0.4, 0.5) is 0 Å². The van der Waals surface area contributed by atoms with Gasteiger partial charge in [-0.3, -0.25) is 9.88 Å². The molecule has 3 rings (SSSR count). The molecular formula is C17H26N2O. The molecule has 1 aromatic heterocycles. The second-order valence-electron chi connectivity index (χ2n) is 6.18. The van der Waals surface area contributed by atoms with E-state index in [4.69, 9.17) is 4.74 Å². The summed E-state index contributed by atoms with van der Waals surface area (Å²) in [6.45, 7) is 5.45. The monoisotopic (exact) mass is 274 g/mol. The first-order chi connectivity index (χ1) is 9.83. The summed E-state index contributed by atoms with van der Waals surface area (Å²) in [6.07, 6.45) is 10.5. The number of rotatable bonds is 5. The SMILES string of the molecule is CCc1ccc(CN2CCC(OC3CCC3)CC2)nc1. The Hall–Kier alpha value is -0.930. The highest BCUT2D eigenvalue weighted by atomic mass is 16.5. The fourth-order valence-corrected chi connectivity index (χ4v) is 2.97. The molecule has 0 N–H and O–H groups in total. The number of piperidine rings is 1. The predicted molar refractivity (Wildman–Crippen MR) is 80.6 cm³/mol. The van der Waals surface area contributed by atoms with Crippen LogP contribution in [0.1, 0.15) is 50.3 Å². The summed E-state index contributed by atoms with van der Waals surface area (Å²) in [5.41, 5.74) is 2.52. The molecule has 110 valence electrons. The predicted octanol–water partition coefficient (Wildman–Crippen LogP) is 3.18. The molecule has 0 bridgehead atoms. The highest BCUT2D eigenvalue weighted by Crippen LogP contribution is 2.26. The van der Waals surface area contributed by atoms with Gasteiger partial charge in [0.15, 0.2) is 0 Å². The largest absolute Gasteiger partial charge is 0.375 e. The Morgan fingerprint density at radius 1 is 1.15 bits per heavy atom. The molecule has 0 aromatic carbocycles. The Balaban J connectivity index is 1.43. The molecule has 0 radical (unpaired) electrons. The Bertz CT molecular complexity index is 406. The summed E-state index contributed by atoms with van der Waals surface area (Å²) in [6, 6.07) is 4.38. The molecule has 0 amide bonds. The minimum atomic E-state index is 0.506. The quantitative estimate of drug-likeness (QED) is 0.824. The average molecular weight is 274 g/mol. The van der Waals surface area contributed by atoms with Crippen molar-refractivity contribution in [2.45, 2.75) is 64.2 Å². The number of aryl methyl sites for hydroxylation is 1. The van der Waals surface area contributed by atoms with E-state index in [9.17, 15) is 0 Å². The Labute approximate surface area is 122 Å². The average Bonchev–Trinajstić information content (AvgIpc) is 2.45. The van der Waals surface area contributed by atoms with Crippen LogP contribution in [-0.2, 0) is 17.7 Å². The van der Waals surface area contributed by atoms with Gasteiger partial charge in [0.05, 0.1) is 17.9 Å². The molecular weight excluding hydrogens is 248 g/mol. The molecule has 1 aliphatic carbocycles. The van der Waals surface area contributed by atoms with Gasteiger partial charge in [-0.05, 0) is 50.2 Å². The molecule has 3 nitrogen and oxygen atoms in total. The summed E-state index contributed by atoms with van der Waals surface area (Å²) in [5.74, 6) is 0. The van der Waals surface area contributed by atoms with E-state index in [0.29, 0.717) is 12.2 Å². The van der Waals surface area contributed by atoms with Crippen LogP contribution in [0, 0.1) is 0 Å². The minimum absolute atomic E-state index is 0.506. The molecule has 1 aromatic rings. The van der Waals surface area contributed by atoms with Crippen LogP contribution in [0.15, 0.2) is 18.3 Å². The van der Waals surface area contributed by atoms with Crippen LogP contribution < -0.4 is 0 Å². The van der Waals surface area contributed by atoms with Crippen molar-refractivity contribution >= 4 is 0 Å². The fourth-order valence-electron chi connectivity index (χ4n) is 2.97. The van der Waals surface area contributed by atoms with Gasteiger partial charge < -0.3 is 4.74 Å². The number of hydrogen-bond donors (Lipinski definition) is 0. The molecule has 1 saturated heterocycles. The third kappa shape index (κ3) is 3.58. The van der Waals surface area contributed by atoms with Crippen LogP contribution >= 0.6 is 0 Å². The fraction of sp³-hybridized carbons (Fsp3) is 0.706. The van der Waals surface area contributed by atoms with Crippen molar-refractivity contribution in [2.24, 2.45) is 0 Å². The molecule has 1 saturated carbocycles. The summed E-state index contributed by atoms with van der Waals surface area (Å²) < 4.78 is 6.11. The Morgan fingerprint density at radius 2 is 1.90 bits per heavy atom. The first-order valence-electron chi connectivity index (χ1n) is 8.15. The number of ether oxygens (including phenoxy) is 1. The van der Waals surface area contributed by atoms with Gasteiger partial charge in [-0.2, -0.15) is 0 Å². The van der Waals surface area contributed by atoms with E-state index in [0.717, 1.165) is 26.1 Å². The minimum Gasteiger partial charge on any atom is -0.375 e. The number of aromatic nitrogens is 1. The zero-order valence-electron chi connectivity index (χ0n) is 12.6. The molecule has 2 fully saturated rings. The standard InChI is InChI=1S/C17H26N2O/c1-2-14-6-7-15(18-12-14)13-19-10-8-17(9-11-19)20-16-4-3-5-16/h6-7,12,16-17H,2-5,8-11,13H2,1H3. The number of hydrogen-bond acceptors (Lipinski definition) is 3. The second kappa shape index (κ2) is 6.68. The van der Waals surface area contributed by atoms with Crippen LogP contribution in [-0.4, -0.2) is 35.2 Å². The molecule has 2 heterocycles. The van der Waals surface area contributed by atoms with E-state index >= 15 is 0 Å². The Kier molecular flexibility index (Phi) is 4.69. The third-order valence-corrected chi connectivity index (χ3v) is 4.65. The van der Waals surface area contributed by atoms with Crippen molar-refractivity contribution in [1.82, 2.24) is 9.88 Å². The zero-order valence-corrected chi connectivity index (χ0v) is 12.6. The molecule has 20 heavy (non-hydrogen) atoms. The van der Waals surface area contributed by atoms with Gasteiger partial charge in [0.2, 0.25) is 0 Å². The normalized spacial score (nSPS) is 21.9. The highest BCUT2D eigenvalue weighted by molar-refractivity contribution is 5.13. The lowest BCUT2D eigenvalue weighted by molar-refractivity contribution is -0.0741. The van der Waals surface area contributed by atoms with Crippen molar-refractivity contribution in [1.29, 1.82) is 0 Å². The van der Waals surface area contributed by atoms with E-state index in [-0.39, 0.29) is 0 Å². The molecule has 2 aliphatic rings. The van der Waals surface area contributed by atoms with Gasteiger partial charge in [0.1, 0.15) is 0 Å². The maximum Gasteiger partial charge on any atom is 0.0603 e. The van der Waals surface area contributed by atoms with Crippen molar-refractivity contribution < 1.29 is 4.74 Å². The van der Waals surface area contributed by atoms with E-state index in [1.165, 1.54) is 43.4 Å². The maximum absolute atomic E-state index is 6.11. The number of pyridine rings is 1. The van der Waals surface area contributed by atoms with E-state index in [2.05, 4.69) is 28.9 Å². The van der Waals surface area contributed by atoms with Crippen molar-refractivity contribution in [3.8, 4) is 0 Å².